The van der Waals surface area contributed by atoms with Crippen LogP contribution in [0.15, 0.2) is 29.8 Å². The van der Waals surface area contributed by atoms with E-state index in [9.17, 15) is 14.4 Å². The maximum Gasteiger partial charge on any atom is 0.337 e. The monoisotopic (exact) mass is 429 g/mol. The lowest BCUT2D eigenvalue weighted by Gasteiger charge is -2.22. The van der Waals surface area contributed by atoms with Crippen LogP contribution < -0.4 is 5.32 Å². The van der Waals surface area contributed by atoms with Crippen molar-refractivity contribution in [3.63, 3.8) is 0 Å². The van der Waals surface area contributed by atoms with Crippen LogP contribution in [0.25, 0.3) is 0 Å². The molecule has 0 spiro atoms. The minimum absolute atomic E-state index is 0.0359. The SMILES string of the molecule is COCCCn1cc(CN2N=C(C(=O)NCc3cncc(C(=O)O)c3)CCC2=O)nn1. The Hall–Kier alpha value is -3.67. The number of carbonyl (C=O) groups is 3. The Balaban J connectivity index is 1.59. The quantitative estimate of drug-likeness (QED) is 0.508. The van der Waals surface area contributed by atoms with Crippen molar-refractivity contribution in [2.45, 2.75) is 38.9 Å². The summed E-state index contributed by atoms with van der Waals surface area (Å²) in [6, 6.07) is 1.43. The molecule has 0 bridgehead atoms. The third-order valence-corrected chi connectivity index (χ3v) is 4.50. The third kappa shape index (κ3) is 6.15. The minimum Gasteiger partial charge on any atom is -0.478 e. The summed E-state index contributed by atoms with van der Waals surface area (Å²) in [5.74, 6) is -1.73. The lowest BCUT2D eigenvalue weighted by atomic mass is 10.1. The van der Waals surface area contributed by atoms with E-state index in [-0.39, 0.29) is 43.1 Å². The van der Waals surface area contributed by atoms with Gasteiger partial charge in [0.1, 0.15) is 11.4 Å². The highest BCUT2D eigenvalue weighted by Gasteiger charge is 2.25. The van der Waals surface area contributed by atoms with Crippen molar-refractivity contribution in [3.05, 3.63) is 41.5 Å². The number of hydrazone groups is 1. The van der Waals surface area contributed by atoms with E-state index in [1.807, 2.05) is 0 Å². The van der Waals surface area contributed by atoms with Gasteiger partial charge in [0.25, 0.3) is 5.91 Å². The topological polar surface area (TPSA) is 152 Å². The number of hydrogen-bond donors (Lipinski definition) is 2. The van der Waals surface area contributed by atoms with E-state index < -0.39 is 11.9 Å². The van der Waals surface area contributed by atoms with Gasteiger partial charge in [-0.15, -0.1) is 5.10 Å². The zero-order valence-corrected chi connectivity index (χ0v) is 17.0. The Morgan fingerprint density at radius 3 is 2.90 bits per heavy atom. The standard InChI is InChI=1S/C19H23N7O5/c1-31-6-2-5-25-11-15(22-24-25)12-26-17(27)4-3-16(23-26)18(28)21-9-13-7-14(19(29)30)10-20-8-13/h7-8,10-11H,2-6,9,12H2,1H3,(H,21,28)(H,29,30). The summed E-state index contributed by atoms with van der Waals surface area (Å²) < 4.78 is 6.67. The number of nitrogens with one attached hydrogen (secondary N) is 1. The van der Waals surface area contributed by atoms with Gasteiger partial charge in [0, 0.05) is 52.0 Å². The average Bonchev–Trinajstić information content (AvgIpc) is 3.21. The average molecular weight is 429 g/mol. The molecular formula is C19H23N7O5. The molecule has 0 saturated heterocycles. The van der Waals surface area contributed by atoms with E-state index in [0.29, 0.717) is 24.4 Å². The number of pyridine rings is 1. The summed E-state index contributed by atoms with van der Waals surface area (Å²) in [7, 11) is 1.63. The predicted octanol–water partition coefficient (Wildman–Crippen LogP) is 0.203. The van der Waals surface area contributed by atoms with Crippen molar-refractivity contribution in [1.29, 1.82) is 0 Å². The van der Waals surface area contributed by atoms with Gasteiger partial charge >= 0.3 is 5.97 Å². The number of amides is 2. The van der Waals surface area contributed by atoms with E-state index in [2.05, 4.69) is 25.7 Å². The van der Waals surface area contributed by atoms with Crippen LogP contribution in [-0.4, -0.2) is 67.3 Å². The van der Waals surface area contributed by atoms with Crippen molar-refractivity contribution in [1.82, 2.24) is 30.3 Å². The fraction of sp³-hybridized carbons (Fsp3) is 0.421. The molecule has 0 atom stereocenters. The molecule has 12 nitrogen and oxygen atoms in total. The second kappa shape index (κ2) is 10.4. The molecule has 164 valence electrons. The van der Waals surface area contributed by atoms with Crippen molar-refractivity contribution >= 4 is 23.5 Å². The Bertz CT molecular complexity index is 988. The van der Waals surface area contributed by atoms with Crippen molar-refractivity contribution < 1.29 is 24.2 Å². The number of carboxylic acid groups (broad SMARTS) is 1. The fourth-order valence-corrected chi connectivity index (χ4v) is 2.92. The first-order valence-electron chi connectivity index (χ1n) is 9.67. The molecule has 2 aromatic heterocycles. The fourth-order valence-electron chi connectivity index (χ4n) is 2.92. The lowest BCUT2D eigenvalue weighted by Crippen LogP contribution is -2.38. The number of methoxy groups -OCH3 is 1. The maximum atomic E-state index is 12.5. The number of aromatic nitrogens is 4. The van der Waals surface area contributed by atoms with Gasteiger partial charge in [-0.3, -0.25) is 19.3 Å². The number of carboxylic acids is 1. The number of aryl methyl sites for hydroxylation is 1. The summed E-state index contributed by atoms with van der Waals surface area (Å²) in [4.78, 5) is 39.6. The van der Waals surface area contributed by atoms with E-state index in [0.717, 1.165) is 6.42 Å². The molecule has 0 aliphatic carbocycles. The molecule has 0 aromatic carbocycles. The van der Waals surface area contributed by atoms with Crippen LogP contribution in [0.3, 0.4) is 0 Å². The minimum atomic E-state index is -1.10. The highest BCUT2D eigenvalue weighted by molar-refractivity contribution is 6.39. The molecule has 1 aliphatic heterocycles. The van der Waals surface area contributed by atoms with Crippen LogP contribution in [0.1, 0.15) is 40.9 Å². The van der Waals surface area contributed by atoms with Gasteiger partial charge in [-0.1, -0.05) is 5.21 Å². The normalized spacial score (nSPS) is 13.8. The first-order chi connectivity index (χ1) is 15.0. The van der Waals surface area contributed by atoms with E-state index in [1.165, 1.54) is 23.5 Å². The summed E-state index contributed by atoms with van der Waals surface area (Å²) in [5, 5.41) is 25.2. The number of aromatic carboxylic acids is 1. The molecule has 3 heterocycles. The van der Waals surface area contributed by atoms with Crippen molar-refractivity contribution in [2.24, 2.45) is 5.10 Å². The third-order valence-electron chi connectivity index (χ3n) is 4.50. The highest BCUT2D eigenvalue weighted by atomic mass is 16.5. The summed E-state index contributed by atoms with van der Waals surface area (Å²) >= 11 is 0. The van der Waals surface area contributed by atoms with Crippen LogP contribution in [0, 0.1) is 0 Å². The first-order valence-corrected chi connectivity index (χ1v) is 9.67. The summed E-state index contributed by atoms with van der Waals surface area (Å²) in [6.07, 6.45) is 5.60. The molecule has 0 saturated carbocycles. The maximum absolute atomic E-state index is 12.5. The molecule has 0 unspecified atom stereocenters. The van der Waals surface area contributed by atoms with Crippen LogP contribution in [0.2, 0.25) is 0 Å². The van der Waals surface area contributed by atoms with Crippen molar-refractivity contribution in [3.8, 4) is 0 Å². The van der Waals surface area contributed by atoms with E-state index in [1.54, 1.807) is 18.0 Å². The molecule has 3 rings (SSSR count). The van der Waals surface area contributed by atoms with Gasteiger partial charge in [-0.05, 0) is 18.1 Å². The molecule has 1 aliphatic rings. The number of carbonyl (C=O) groups excluding carboxylic acids is 2. The van der Waals surface area contributed by atoms with Gasteiger partial charge in [-0.25, -0.2) is 9.80 Å². The van der Waals surface area contributed by atoms with Crippen LogP contribution >= 0.6 is 0 Å². The Labute approximate surface area is 177 Å². The molecule has 0 radical (unpaired) electrons. The lowest BCUT2D eigenvalue weighted by molar-refractivity contribution is -0.132. The van der Waals surface area contributed by atoms with Gasteiger partial charge in [0.2, 0.25) is 5.91 Å². The molecule has 2 amide bonds. The van der Waals surface area contributed by atoms with Gasteiger partial charge in [-0.2, -0.15) is 5.10 Å². The molecule has 12 heteroatoms. The Kier molecular flexibility index (Phi) is 7.38. The number of nitrogens with zero attached hydrogens (tertiary/aromatic N) is 6. The van der Waals surface area contributed by atoms with Gasteiger partial charge in [0.05, 0.1) is 18.3 Å². The van der Waals surface area contributed by atoms with Crippen LogP contribution in [-0.2, 0) is 34.0 Å². The first kappa shape index (κ1) is 22.0. The van der Waals surface area contributed by atoms with E-state index in [4.69, 9.17) is 9.84 Å². The predicted molar refractivity (Wildman–Crippen MR) is 107 cm³/mol. The largest absolute Gasteiger partial charge is 0.478 e. The number of hydrogen-bond acceptors (Lipinski definition) is 8. The molecular weight excluding hydrogens is 406 g/mol. The molecule has 2 N–H and O–H groups in total. The van der Waals surface area contributed by atoms with Gasteiger partial charge in [0.15, 0.2) is 0 Å². The highest BCUT2D eigenvalue weighted by Crippen LogP contribution is 2.13. The number of rotatable bonds is 10. The second-order valence-corrected chi connectivity index (χ2v) is 6.89. The molecule has 0 fully saturated rings. The smallest absolute Gasteiger partial charge is 0.337 e. The van der Waals surface area contributed by atoms with Gasteiger partial charge < -0.3 is 15.2 Å². The molecule has 31 heavy (non-hydrogen) atoms. The summed E-state index contributed by atoms with van der Waals surface area (Å²) in [6.45, 7) is 1.46. The Morgan fingerprint density at radius 1 is 1.29 bits per heavy atom. The van der Waals surface area contributed by atoms with E-state index >= 15 is 0 Å². The molecule has 2 aromatic rings. The zero-order chi connectivity index (χ0) is 22.2. The number of ether oxygens (including phenoxy) is 1. The van der Waals surface area contributed by atoms with Crippen LogP contribution in [0.4, 0.5) is 0 Å². The van der Waals surface area contributed by atoms with Crippen LogP contribution in [0.5, 0.6) is 0 Å². The summed E-state index contributed by atoms with van der Waals surface area (Å²) in [5.41, 5.74) is 1.36. The van der Waals surface area contributed by atoms with Crippen molar-refractivity contribution in [2.75, 3.05) is 13.7 Å². The Morgan fingerprint density at radius 2 is 2.13 bits per heavy atom. The zero-order valence-electron chi connectivity index (χ0n) is 17.0. The second-order valence-electron chi connectivity index (χ2n) is 6.89.